The maximum Gasteiger partial charge on any atom is 0.235 e. The van der Waals surface area contributed by atoms with Crippen molar-refractivity contribution < 1.29 is 9.59 Å². The number of nitrogens with one attached hydrogen (secondary N) is 1. The van der Waals surface area contributed by atoms with Gasteiger partial charge in [0.15, 0.2) is 0 Å². The number of aryl methyl sites for hydroxylation is 1. The fourth-order valence-electron chi connectivity index (χ4n) is 5.12. The van der Waals surface area contributed by atoms with E-state index in [0.717, 1.165) is 11.3 Å². The van der Waals surface area contributed by atoms with Gasteiger partial charge < -0.3 is 5.32 Å². The highest BCUT2D eigenvalue weighted by Gasteiger charge is 2.66. The average Bonchev–Trinajstić information content (AvgIpc) is 3.35. The molecular formula is C19H19ClN2O2. The Labute approximate surface area is 145 Å². The van der Waals surface area contributed by atoms with E-state index < -0.39 is 0 Å². The van der Waals surface area contributed by atoms with Gasteiger partial charge in [-0.25, -0.2) is 0 Å². The Hall–Kier alpha value is -1.81. The van der Waals surface area contributed by atoms with E-state index in [1.54, 1.807) is 0 Å². The number of likely N-dealkylation sites (tertiary alicyclic amines) is 1. The lowest BCUT2D eigenvalue weighted by atomic mass is 9.63. The zero-order valence-electron chi connectivity index (χ0n) is 13.4. The van der Waals surface area contributed by atoms with Crippen molar-refractivity contribution in [2.75, 3.05) is 12.0 Å². The van der Waals surface area contributed by atoms with Crippen molar-refractivity contribution in [1.82, 2.24) is 4.90 Å². The predicted octanol–water partition coefficient (Wildman–Crippen LogP) is 3.07. The molecule has 0 radical (unpaired) electrons. The van der Waals surface area contributed by atoms with Gasteiger partial charge in [-0.1, -0.05) is 29.8 Å². The van der Waals surface area contributed by atoms with Crippen molar-refractivity contribution in [3.63, 3.8) is 0 Å². The largest absolute Gasteiger partial charge is 0.367 e. The van der Waals surface area contributed by atoms with E-state index in [9.17, 15) is 9.59 Å². The van der Waals surface area contributed by atoms with Crippen LogP contribution in [0.25, 0.3) is 0 Å². The Bertz CT molecular complexity index is 754. The van der Waals surface area contributed by atoms with Gasteiger partial charge in [-0.2, -0.15) is 0 Å². The number of hydrogen-bond acceptors (Lipinski definition) is 3. The summed E-state index contributed by atoms with van der Waals surface area (Å²) in [4.78, 5) is 27.2. The number of benzene rings is 1. The topological polar surface area (TPSA) is 49.4 Å². The number of rotatable bonds is 3. The summed E-state index contributed by atoms with van der Waals surface area (Å²) >= 11 is 6.04. The molecule has 24 heavy (non-hydrogen) atoms. The molecule has 6 rings (SSSR count). The van der Waals surface area contributed by atoms with Gasteiger partial charge in [0.05, 0.1) is 18.5 Å². The highest BCUT2D eigenvalue weighted by Crippen LogP contribution is 2.65. The van der Waals surface area contributed by atoms with Crippen LogP contribution in [0.3, 0.4) is 0 Å². The molecule has 5 aliphatic rings. The standard InChI is InChI=1S/C19H19ClN2O2/c1-9-2-3-10(20)6-15(9)21-8-22-18(23)16-11-4-5-12(14-7-13(11)14)17(16)19(22)24/h2-6,11-14,16-17,21H,7-8H2,1H3. The van der Waals surface area contributed by atoms with Gasteiger partial charge in [0, 0.05) is 10.7 Å². The molecule has 0 spiro atoms. The number of amides is 2. The minimum Gasteiger partial charge on any atom is -0.367 e. The Morgan fingerprint density at radius 1 is 1.12 bits per heavy atom. The quantitative estimate of drug-likeness (QED) is 0.678. The molecule has 0 aromatic heterocycles. The van der Waals surface area contributed by atoms with Gasteiger partial charge in [-0.3, -0.25) is 14.5 Å². The first-order chi connectivity index (χ1) is 11.6. The van der Waals surface area contributed by atoms with Crippen LogP contribution in [0.5, 0.6) is 0 Å². The van der Waals surface area contributed by atoms with Gasteiger partial charge in [-0.05, 0) is 54.7 Å². The molecule has 6 unspecified atom stereocenters. The summed E-state index contributed by atoms with van der Waals surface area (Å²) in [5.41, 5.74) is 1.90. The van der Waals surface area contributed by atoms with Crippen LogP contribution in [-0.4, -0.2) is 23.4 Å². The fourth-order valence-corrected chi connectivity index (χ4v) is 5.30. The molecular weight excluding hydrogens is 324 g/mol. The molecule has 4 nitrogen and oxygen atoms in total. The Morgan fingerprint density at radius 2 is 1.75 bits per heavy atom. The van der Waals surface area contributed by atoms with Crippen LogP contribution in [0.15, 0.2) is 30.4 Å². The van der Waals surface area contributed by atoms with Gasteiger partial charge >= 0.3 is 0 Å². The van der Waals surface area contributed by atoms with Crippen molar-refractivity contribution >= 4 is 29.1 Å². The van der Waals surface area contributed by atoms with E-state index in [0.29, 0.717) is 16.9 Å². The third kappa shape index (κ3) is 1.86. The van der Waals surface area contributed by atoms with E-state index in [1.165, 1.54) is 11.3 Å². The van der Waals surface area contributed by atoms with Crippen molar-refractivity contribution in [2.24, 2.45) is 35.5 Å². The van der Waals surface area contributed by atoms with Crippen molar-refractivity contribution in [3.05, 3.63) is 40.9 Å². The van der Waals surface area contributed by atoms with E-state index in [1.807, 2.05) is 25.1 Å². The lowest BCUT2D eigenvalue weighted by Crippen LogP contribution is -2.40. The Balaban J connectivity index is 1.38. The molecule has 1 aromatic rings. The summed E-state index contributed by atoms with van der Waals surface area (Å²) < 4.78 is 0. The molecule has 2 saturated carbocycles. The smallest absolute Gasteiger partial charge is 0.235 e. The van der Waals surface area contributed by atoms with Crippen LogP contribution in [0, 0.1) is 42.4 Å². The Morgan fingerprint density at radius 3 is 2.38 bits per heavy atom. The van der Waals surface area contributed by atoms with Gasteiger partial charge in [-0.15, -0.1) is 0 Å². The highest BCUT2D eigenvalue weighted by atomic mass is 35.5. The number of hydrogen-bond donors (Lipinski definition) is 1. The fraction of sp³-hybridized carbons (Fsp3) is 0.474. The molecule has 3 fully saturated rings. The molecule has 1 aromatic carbocycles. The predicted molar refractivity (Wildman–Crippen MR) is 91.2 cm³/mol. The third-order valence-electron chi connectivity index (χ3n) is 6.38. The Kier molecular flexibility index (Phi) is 2.94. The molecule has 4 aliphatic carbocycles. The van der Waals surface area contributed by atoms with Crippen LogP contribution in [0.2, 0.25) is 5.02 Å². The van der Waals surface area contributed by atoms with E-state index in [2.05, 4.69) is 17.5 Å². The van der Waals surface area contributed by atoms with Gasteiger partial charge in [0.1, 0.15) is 0 Å². The second-order valence-corrected chi connectivity index (χ2v) is 7.99. The number of carbonyl (C=O) groups is 2. The van der Waals surface area contributed by atoms with Crippen molar-refractivity contribution in [3.8, 4) is 0 Å². The maximum absolute atomic E-state index is 12.9. The number of anilines is 1. The van der Waals surface area contributed by atoms with Crippen molar-refractivity contribution in [2.45, 2.75) is 13.3 Å². The third-order valence-corrected chi connectivity index (χ3v) is 6.62. The summed E-state index contributed by atoms with van der Waals surface area (Å²) in [5, 5.41) is 3.86. The SMILES string of the molecule is Cc1ccc(Cl)cc1NCN1C(=O)C2C3C=CC(C4CC34)C2C1=O. The summed E-state index contributed by atoms with van der Waals surface area (Å²) in [7, 11) is 0. The minimum atomic E-state index is -0.126. The van der Waals surface area contributed by atoms with Gasteiger partial charge in [0.25, 0.3) is 0 Å². The molecule has 2 bridgehead atoms. The first-order valence-corrected chi connectivity index (χ1v) is 8.97. The van der Waals surface area contributed by atoms with Crippen LogP contribution >= 0.6 is 11.6 Å². The zero-order valence-corrected chi connectivity index (χ0v) is 14.2. The number of nitrogens with zero attached hydrogens (tertiary/aromatic N) is 1. The molecule has 1 saturated heterocycles. The van der Waals surface area contributed by atoms with E-state index in [4.69, 9.17) is 11.6 Å². The van der Waals surface area contributed by atoms with Gasteiger partial charge in [0.2, 0.25) is 11.8 Å². The van der Waals surface area contributed by atoms with E-state index in [-0.39, 0.29) is 42.2 Å². The molecule has 2 amide bonds. The molecule has 6 atom stereocenters. The minimum absolute atomic E-state index is 0.00174. The number of imide groups is 1. The highest BCUT2D eigenvalue weighted by molar-refractivity contribution is 6.30. The molecule has 1 aliphatic heterocycles. The van der Waals surface area contributed by atoms with Crippen molar-refractivity contribution in [1.29, 1.82) is 0 Å². The van der Waals surface area contributed by atoms with Crippen LogP contribution in [-0.2, 0) is 9.59 Å². The normalized spacial score (nSPS) is 38.3. The monoisotopic (exact) mass is 342 g/mol. The maximum atomic E-state index is 12.9. The number of halogens is 1. The number of allylic oxidation sites excluding steroid dienone is 2. The molecule has 1 heterocycles. The zero-order chi connectivity index (χ0) is 16.6. The summed E-state index contributed by atoms with van der Waals surface area (Å²) in [6.07, 6.45) is 5.59. The first-order valence-electron chi connectivity index (χ1n) is 8.60. The molecule has 124 valence electrons. The second-order valence-electron chi connectivity index (χ2n) is 7.55. The van der Waals surface area contributed by atoms with Crippen LogP contribution in [0.4, 0.5) is 5.69 Å². The number of carbonyl (C=O) groups excluding carboxylic acids is 2. The summed E-state index contributed by atoms with van der Waals surface area (Å²) in [6.45, 7) is 2.20. The van der Waals surface area contributed by atoms with Crippen LogP contribution in [0.1, 0.15) is 12.0 Å². The van der Waals surface area contributed by atoms with E-state index >= 15 is 0 Å². The molecule has 1 N–H and O–H groups in total. The molecule has 5 heteroatoms. The lowest BCUT2D eigenvalue weighted by Gasteiger charge is -2.37. The average molecular weight is 343 g/mol. The first kappa shape index (κ1) is 14.5. The van der Waals surface area contributed by atoms with Crippen LogP contribution < -0.4 is 5.32 Å². The lowest BCUT2D eigenvalue weighted by molar-refractivity contribution is -0.139. The summed E-state index contributed by atoms with van der Waals surface area (Å²) in [5.74, 6) is 1.58. The summed E-state index contributed by atoms with van der Waals surface area (Å²) in [6, 6.07) is 5.59. The second kappa shape index (κ2) is 4.85.